The van der Waals surface area contributed by atoms with Crippen LogP contribution < -0.4 is 4.74 Å². The van der Waals surface area contributed by atoms with Crippen LogP contribution in [0.1, 0.15) is 22.9 Å². The van der Waals surface area contributed by atoms with Gasteiger partial charge in [0.05, 0.1) is 18.4 Å². The van der Waals surface area contributed by atoms with Gasteiger partial charge < -0.3 is 4.74 Å². The van der Waals surface area contributed by atoms with Gasteiger partial charge in [-0.25, -0.2) is 0 Å². The lowest BCUT2D eigenvalue weighted by atomic mass is 9.95. The molecular formula is C20H15F3N2O2. The van der Waals surface area contributed by atoms with Gasteiger partial charge in [-0.1, -0.05) is 41.6 Å². The van der Waals surface area contributed by atoms with Gasteiger partial charge in [0.25, 0.3) is 0 Å². The third-order valence-electron chi connectivity index (χ3n) is 4.15. The van der Waals surface area contributed by atoms with Crippen molar-refractivity contribution in [2.45, 2.75) is 12.2 Å². The number of methoxy groups -OCH3 is 1. The molecule has 0 fully saturated rings. The van der Waals surface area contributed by atoms with Gasteiger partial charge in [0.2, 0.25) is 0 Å². The highest BCUT2D eigenvalue weighted by Crippen LogP contribution is 2.37. The summed E-state index contributed by atoms with van der Waals surface area (Å²) < 4.78 is 43.7. The van der Waals surface area contributed by atoms with Crippen molar-refractivity contribution in [3.63, 3.8) is 0 Å². The Labute approximate surface area is 153 Å². The maximum absolute atomic E-state index is 12.8. The quantitative estimate of drug-likeness (QED) is 0.545. The predicted octanol–water partition coefficient (Wildman–Crippen LogP) is 5.63. The first-order valence-corrected chi connectivity index (χ1v) is 8.03. The van der Waals surface area contributed by atoms with Crippen molar-refractivity contribution in [2.24, 2.45) is 5.18 Å². The highest BCUT2D eigenvalue weighted by Gasteiger charge is 2.31. The van der Waals surface area contributed by atoms with Crippen LogP contribution in [0.25, 0.3) is 11.1 Å². The fourth-order valence-electron chi connectivity index (χ4n) is 2.85. The van der Waals surface area contributed by atoms with E-state index in [4.69, 9.17) is 4.74 Å². The molecule has 1 unspecified atom stereocenters. The van der Waals surface area contributed by atoms with Crippen LogP contribution in [0.3, 0.4) is 0 Å². The van der Waals surface area contributed by atoms with Crippen LogP contribution in [0.2, 0.25) is 0 Å². The number of benzene rings is 2. The number of para-hydroxylation sites is 1. The number of hydrogen-bond acceptors (Lipinski definition) is 4. The number of nitrogens with zero attached hydrogens (tertiary/aromatic N) is 2. The first-order chi connectivity index (χ1) is 13.0. The zero-order valence-corrected chi connectivity index (χ0v) is 14.3. The molecule has 2 aromatic carbocycles. The molecule has 3 aromatic rings. The van der Waals surface area contributed by atoms with Gasteiger partial charge in [0, 0.05) is 17.3 Å². The molecule has 7 heteroatoms. The van der Waals surface area contributed by atoms with Crippen molar-refractivity contribution in [1.82, 2.24) is 4.98 Å². The summed E-state index contributed by atoms with van der Waals surface area (Å²) in [4.78, 5) is 15.9. The zero-order valence-electron chi connectivity index (χ0n) is 14.3. The normalized spacial score (nSPS) is 12.4. The summed E-state index contributed by atoms with van der Waals surface area (Å²) in [6.45, 7) is 0. The molecule has 0 aliphatic carbocycles. The molecule has 0 saturated carbocycles. The highest BCUT2D eigenvalue weighted by molar-refractivity contribution is 5.73. The second kappa shape index (κ2) is 7.57. The van der Waals surface area contributed by atoms with Gasteiger partial charge in [0.15, 0.2) is 6.04 Å². The van der Waals surface area contributed by atoms with E-state index >= 15 is 0 Å². The highest BCUT2D eigenvalue weighted by atomic mass is 19.4. The molecule has 0 aliphatic rings. The van der Waals surface area contributed by atoms with Crippen molar-refractivity contribution in [3.8, 4) is 16.9 Å². The Morgan fingerprint density at radius 3 is 2.26 bits per heavy atom. The van der Waals surface area contributed by atoms with Crippen molar-refractivity contribution >= 4 is 0 Å². The molecule has 0 N–H and O–H groups in total. The molecule has 0 bridgehead atoms. The SMILES string of the molecule is COc1ccccc1-c1cccnc1C(N=O)c1ccc(C(F)(F)F)cc1. The van der Waals surface area contributed by atoms with Crippen molar-refractivity contribution in [2.75, 3.05) is 7.11 Å². The molecule has 0 amide bonds. The molecular weight excluding hydrogens is 357 g/mol. The van der Waals surface area contributed by atoms with Crippen molar-refractivity contribution in [3.05, 3.63) is 88.6 Å². The lowest BCUT2D eigenvalue weighted by Crippen LogP contribution is -2.07. The molecule has 1 heterocycles. The van der Waals surface area contributed by atoms with E-state index in [0.717, 1.165) is 12.1 Å². The monoisotopic (exact) mass is 372 g/mol. The van der Waals surface area contributed by atoms with Crippen LogP contribution in [0.4, 0.5) is 13.2 Å². The van der Waals surface area contributed by atoms with Gasteiger partial charge in [-0.3, -0.25) is 4.98 Å². The van der Waals surface area contributed by atoms with Gasteiger partial charge in [-0.2, -0.15) is 13.2 Å². The van der Waals surface area contributed by atoms with Crippen LogP contribution in [0.5, 0.6) is 5.75 Å². The molecule has 138 valence electrons. The minimum absolute atomic E-state index is 0.327. The summed E-state index contributed by atoms with van der Waals surface area (Å²) in [5, 5.41) is 3.13. The summed E-state index contributed by atoms with van der Waals surface area (Å²) in [6.07, 6.45) is -2.94. The third-order valence-corrected chi connectivity index (χ3v) is 4.15. The number of halogens is 3. The largest absolute Gasteiger partial charge is 0.496 e. The molecule has 1 atom stereocenters. The second-order valence-corrected chi connectivity index (χ2v) is 5.76. The molecule has 3 rings (SSSR count). The number of nitroso groups, excluding NO2 is 1. The Balaban J connectivity index is 2.08. The molecule has 27 heavy (non-hydrogen) atoms. The lowest BCUT2D eigenvalue weighted by Gasteiger charge is -2.16. The second-order valence-electron chi connectivity index (χ2n) is 5.76. The number of ether oxygens (including phenoxy) is 1. The van der Waals surface area contributed by atoms with E-state index in [1.165, 1.54) is 25.4 Å². The van der Waals surface area contributed by atoms with Gasteiger partial charge in [-0.05, 0) is 29.8 Å². The average Bonchev–Trinajstić information content (AvgIpc) is 2.69. The fraction of sp³-hybridized carbons (Fsp3) is 0.150. The van der Waals surface area contributed by atoms with E-state index < -0.39 is 17.8 Å². The lowest BCUT2D eigenvalue weighted by molar-refractivity contribution is -0.137. The Kier molecular flexibility index (Phi) is 5.21. The summed E-state index contributed by atoms with van der Waals surface area (Å²) in [5.41, 5.74) is 1.22. The topological polar surface area (TPSA) is 51.6 Å². The maximum atomic E-state index is 12.8. The molecule has 4 nitrogen and oxygen atoms in total. The van der Waals surface area contributed by atoms with E-state index in [2.05, 4.69) is 10.2 Å². The average molecular weight is 372 g/mol. The standard InChI is InChI=1S/C20H15F3N2O2/c1-27-17-7-3-2-5-15(17)16-6-4-12-24-19(16)18(25-26)13-8-10-14(11-9-13)20(21,22)23/h2-12,18H,1H3. The molecule has 0 spiro atoms. The first-order valence-electron chi connectivity index (χ1n) is 8.03. The summed E-state index contributed by atoms with van der Waals surface area (Å²) >= 11 is 0. The van der Waals surface area contributed by atoms with Crippen molar-refractivity contribution in [1.29, 1.82) is 0 Å². The van der Waals surface area contributed by atoms with Crippen LogP contribution in [0, 0.1) is 4.91 Å². The van der Waals surface area contributed by atoms with Crippen LogP contribution in [-0.4, -0.2) is 12.1 Å². The van der Waals surface area contributed by atoms with Crippen molar-refractivity contribution < 1.29 is 17.9 Å². The number of aromatic nitrogens is 1. The van der Waals surface area contributed by atoms with E-state index in [1.807, 2.05) is 18.2 Å². The maximum Gasteiger partial charge on any atom is 0.416 e. The van der Waals surface area contributed by atoms with Crippen LogP contribution >= 0.6 is 0 Å². The number of rotatable bonds is 5. The molecule has 1 aromatic heterocycles. The summed E-state index contributed by atoms with van der Waals surface area (Å²) in [6, 6.07) is 14.0. The van der Waals surface area contributed by atoms with E-state index in [1.54, 1.807) is 18.2 Å². The summed E-state index contributed by atoms with van der Waals surface area (Å²) in [7, 11) is 1.53. The van der Waals surface area contributed by atoms with E-state index in [9.17, 15) is 18.1 Å². The Bertz CT molecular complexity index is 940. The Morgan fingerprint density at radius 2 is 1.63 bits per heavy atom. The Hall–Kier alpha value is -3.22. The van der Waals surface area contributed by atoms with Gasteiger partial charge >= 0.3 is 6.18 Å². The number of hydrogen-bond donors (Lipinski definition) is 0. The molecule has 0 saturated heterocycles. The minimum Gasteiger partial charge on any atom is -0.496 e. The summed E-state index contributed by atoms with van der Waals surface area (Å²) in [5.74, 6) is 0.587. The van der Waals surface area contributed by atoms with Gasteiger partial charge in [-0.15, -0.1) is 4.91 Å². The van der Waals surface area contributed by atoms with E-state index in [-0.39, 0.29) is 0 Å². The predicted molar refractivity (Wildman–Crippen MR) is 95.3 cm³/mol. The minimum atomic E-state index is -4.45. The number of pyridine rings is 1. The van der Waals surface area contributed by atoms with Gasteiger partial charge in [0.1, 0.15) is 5.75 Å². The third kappa shape index (κ3) is 3.81. The first kappa shape index (κ1) is 18.6. The zero-order chi connectivity index (χ0) is 19.4. The molecule has 0 aliphatic heterocycles. The van der Waals surface area contributed by atoms with E-state index in [0.29, 0.717) is 28.1 Å². The van der Waals surface area contributed by atoms with Crippen LogP contribution in [0.15, 0.2) is 72.0 Å². The molecule has 0 radical (unpaired) electrons. The fourth-order valence-corrected chi connectivity index (χ4v) is 2.85. The number of alkyl halides is 3. The van der Waals surface area contributed by atoms with Crippen LogP contribution in [-0.2, 0) is 6.18 Å². The smallest absolute Gasteiger partial charge is 0.416 e. The Morgan fingerprint density at radius 1 is 0.963 bits per heavy atom.